The quantitative estimate of drug-likeness (QED) is 0.712. The normalized spacial score (nSPS) is 19.1. The van der Waals surface area contributed by atoms with E-state index < -0.39 is 0 Å². The van der Waals surface area contributed by atoms with Gasteiger partial charge in [0.25, 0.3) is 0 Å². The van der Waals surface area contributed by atoms with Gasteiger partial charge in [0.15, 0.2) is 0 Å². The van der Waals surface area contributed by atoms with Gasteiger partial charge in [0.05, 0.1) is 13.2 Å². The fourth-order valence-electron chi connectivity index (χ4n) is 1.66. The highest BCUT2D eigenvalue weighted by atomic mass is 16.5. The van der Waals surface area contributed by atoms with Gasteiger partial charge < -0.3 is 4.74 Å². The third-order valence-electron chi connectivity index (χ3n) is 2.82. The van der Waals surface area contributed by atoms with Gasteiger partial charge in [-0.1, -0.05) is 20.8 Å². The predicted molar refractivity (Wildman–Crippen MR) is 61.0 cm³/mol. The van der Waals surface area contributed by atoms with E-state index in [0.29, 0.717) is 12.2 Å². The van der Waals surface area contributed by atoms with Gasteiger partial charge in [0.1, 0.15) is 5.78 Å². The van der Waals surface area contributed by atoms with E-state index in [1.807, 2.05) is 20.8 Å². The van der Waals surface area contributed by atoms with E-state index in [0.717, 1.165) is 39.3 Å². The second kappa shape index (κ2) is 5.61. The molecule has 0 amide bonds. The zero-order valence-electron chi connectivity index (χ0n) is 10.2. The molecule has 0 bridgehead atoms. The van der Waals surface area contributed by atoms with Crippen LogP contribution in [0.4, 0.5) is 0 Å². The molecule has 0 N–H and O–H groups in total. The monoisotopic (exact) mass is 213 g/mol. The van der Waals surface area contributed by atoms with Crippen molar-refractivity contribution in [3.63, 3.8) is 0 Å². The van der Waals surface area contributed by atoms with Crippen molar-refractivity contribution in [2.24, 2.45) is 5.41 Å². The summed E-state index contributed by atoms with van der Waals surface area (Å²) in [4.78, 5) is 14.0. The molecule has 88 valence electrons. The minimum Gasteiger partial charge on any atom is -0.379 e. The second-order valence-corrected chi connectivity index (χ2v) is 5.23. The molecule has 1 fully saturated rings. The highest BCUT2D eigenvalue weighted by molar-refractivity contribution is 5.83. The Morgan fingerprint density at radius 1 is 1.27 bits per heavy atom. The summed E-state index contributed by atoms with van der Waals surface area (Å²) >= 11 is 0. The van der Waals surface area contributed by atoms with Crippen LogP contribution in [0.5, 0.6) is 0 Å². The van der Waals surface area contributed by atoms with Crippen LogP contribution in [0.25, 0.3) is 0 Å². The van der Waals surface area contributed by atoms with Gasteiger partial charge in [-0.25, -0.2) is 0 Å². The third kappa shape index (κ3) is 4.76. The van der Waals surface area contributed by atoms with E-state index in [1.54, 1.807) is 0 Å². The molecule has 1 aliphatic heterocycles. The first kappa shape index (κ1) is 12.7. The third-order valence-corrected chi connectivity index (χ3v) is 2.82. The number of nitrogens with zero attached hydrogens (tertiary/aromatic N) is 1. The van der Waals surface area contributed by atoms with Crippen LogP contribution in [-0.2, 0) is 9.53 Å². The number of rotatable bonds is 4. The van der Waals surface area contributed by atoms with Gasteiger partial charge in [-0.05, 0) is 13.0 Å². The van der Waals surface area contributed by atoms with Crippen LogP contribution in [0.2, 0.25) is 0 Å². The number of carbonyl (C=O) groups excluding carboxylic acids is 1. The smallest absolute Gasteiger partial charge is 0.138 e. The van der Waals surface area contributed by atoms with Crippen molar-refractivity contribution < 1.29 is 9.53 Å². The Morgan fingerprint density at radius 3 is 2.40 bits per heavy atom. The van der Waals surface area contributed by atoms with Crippen molar-refractivity contribution in [2.75, 3.05) is 32.8 Å². The molecule has 1 heterocycles. The molecule has 3 heteroatoms. The maximum absolute atomic E-state index is 11.7. The van der Waals surface area contributed by atoms with Crippen LogP contribution in [0, 0.1) is 5.41 Å². The van der Waals surface area contributed by atoms with Gasteiger partial charge in [-0.2, -0.15) is 0 Å². The molecular formula is C12H23NO2. The first-order chi connectivity index (χ1) is 7.00. The Kier molecular flexibility index (Phi) is 4.74. The number of hydrogen-bond acceptors (Lipinski definition) is 3. The van der Waals surface area contributed by atoms with Gasteiger partial charge >= 0.3 is 0 Å². The van der Waals surface area contributed by atoms with Crippen LogP contribution in [-0.4, -0.2) is 43.5 Å². The van der Waals surface area contributed by atoms with E-state index in [2.05, 4.69) is 4.90 Å². The Hall–Kier alpha value is -0.410. The van der Waals surface area contributed by atoms with Gasteiger partial charge in [0, 0.05) is 24.9 Å². The van der Waals surface area contributed by atoms with Crippen LogP contribution in [0.15, 0.2) is 0 Å². The predicted octanol–water partition coefficient (Wildman–Crippen LogP) is 1.71. The molecule has 15 heavy (non-hydrogen) atoms. The molecule has 0 unspecified atom stereocenters. The van der Waals surface area contributed by atoms with E-state index in [1.165, 1.54) is 0 Å². The Labute approximate surface area is 92.8 Å². The lowest BCUT2D eigenvalue weighted by molar-refractivity contribution is -0.126. The molecule has 0 aromatic carbocycles. The van der Waals surface area contributed by atoms with Gasteiger partial charge in [-0.3, -0.25) is 9.69 Å². The number of carbonyl (C=O) groups is 1. The summed E-state index contributed by atoms with van der Waals surface area (Å²) in [6.07, 6.45) is 1.69. The van der Waals surface area contributed by atoms with Gasteiger partial charge in [-0.15, -0.1) is 0 Å². The molecule has 1 saturated heterocycles. The van der Waals surface area contributed by atoms with Crippen molar-refractivity contribution in [3.05, 3.63) is 0 Å². The zero-order valence-corrected chi connectivity index (χ0v) is 10.2. The maximum atomic E-state index is 11.7. The number of ketones is 1. The summed E-state index contributed by atoms with van der Waals surface area (Å²) in [5.74, 6) is 0.371. The summed E-state index contributed by atoms with van der Waals surface area (Å²) < 4.78 is 5.27. The maximum Gasteiger partial charge on any atom is 0.138 e. The summed E-state index contributed by atoms with van der Waals surface area (Å²) in [5.41, 5.74) is -0.176. The molecule has 1 aliphatic rings. The average molecular weight is 213 g/mol. The Balaban J connectivity index is 2.12. The number of hydrogen-bond donors (Lipinski definition) is 0. The lowest BCUT2D eigenvalue weighted by Crippen LogP contribution is -2.37. The zero-order chi connectivity index (χ0) is 11.3. The van der Waals surface area contributed by atoms with Gasteiger partial charge in [0.2, 0.25) is 0 Å². The Morgan fingerprint density at radius 2 is 1.87 bits per heavy atom. The van der Waals surface area contributed by atoms with Crippen molar-refractivity contribution in [1.82, 2.24) is 4.90 Å². The highest BCUT2D eigenvalue weighted by Gasteiger charge is 2.20. The number of Topliss-reactive ketones (excluding diaryl/α,β-unsaturated/α-hetero) is 1. The minimum absolute atomic E-state index is 0.176. The minimum atomic E-state index is -0.176. The first-order valence-electron chi connectivity index (χ1n) is 5.83. The molecule has 0 aliphatic carbocycles. The van der Waals surface area contributed by atoms with E-state index in [4.69, 9.17) is 4.74 Å². The topological polar surface area (TPSA) is 29.5 Å². The fraction of sp³-hybridized carbons (Fsp3) is 0.917. The first-order valence-corrected chi connectivity index (χ1v) is 5.83. The molecular weight excluding hydrogens is 190 g/mol. The molecule has 0 atom stereocenters. The fourth-order valence-corrected chi connectivity index (χ4v) is 1.66. The standard InChI is InChI=1S/C12H23NO2/c1-12(2,3)11(14)5-4-6-13-7-9-15-10-8-13/h4-10H2,1-3H3. The molecule has 0 saturated carbocycles. The molecule has 0 aromatic rings. The molecule has 0 radical (unpaired) electrons. The molecule has 3 nitrogen and oxygen atoms in total. The van der Waals surface area contributed by atoms with Crippen LogP contribution in [0.1, 0.15) is 33.6 Å². The summed E-state index contributed by atoms with van der Waals surface area (Å²) in [5, 5.41) is 0. The van der Waals surface area contributed by atoms with Crippen molar-refractivity contribution >= 4 is 5.78 Å². The van der Waals surface area contributed by atoms with Crippen LogP contribution in [0.3, 0.4) is 0 Å². The second-order valence-electron chi connectivity index (χ2n) is 5.23. The van der Waals surface area contributed by atoms with Crippen LogP contribution < -0.4 is 0 Å². The number of ether oxygens (including phenoxy) is 1. The summed E-state index contributed by atoms with van der Waals surface area (Å²) in [6, 6.07) is 0. The lowest BCUT2D eigenvalue weighted by Gasteiger charge is -2.26. The average Bonchev–Trinajstić information content (AvgIpc) is 2.18. The van der Waals surface area contributed by atoms with Crippen molar-refractivity contribution in [2.45, 2.75) is 33.6 Å². The molecule has 0 aromatic heterocycles. The molecule has 0 spiro atoms. The highest BCUT2D eigenvalue weighted by Crippen LogP contribution is 2.17. The van der Waals surface area contributed by atoms with Crippen LogP contribution >= 0.6 is 0 Å². The van der Waals surface area contributed by atoms with Crippen molar-refractivity contribution in [1.29, 1.82) is 0 Å². The van der Waals surface area contributed by atoms with E-state index in [-0.39, 0.29) is 5.41 Å². The molecule has 1 rings (SSSR count). The summed E-state index contributed by atoms with van der Waals surface area (Å²) in [7, 11) is 0. The lowest BCUT2D eigenvalue weighted by atomic mass is 9.88. The number of morpholine rings is 1. The Bertz CT molecular complexity index is 202. The SMILES string of the molecule is CC(C)(C)C(=O)CCCN1CCOCC1. The summed E-state index contributed by atoms with van der Waals surface area (Å²) in [6.45, 7) is 10.7. The van der Waals surface area contributed by atoms with E-state index in [9.17, 15) is 4.79 Å². The van der Waals surface area contributed by atoms with Crippen molar-refractivity contribution in [3.8, 4) is 0 Å². The van der Waals surface area contributed by atoms with E-state index >= 15 is 0 Å². The largest absolute Gasteiger partial charge is 0.379 e.